The number of unbranched alkanes of at least 4 members (excludes halogenated alkanes) is 3. The Kier molecular flexibility index (Phi) is 9.97. The van der Waals surface area contributed by atoms with Gasteiger partial charge in [-0.15, -0.1) is 11.6 Å². The van der Waals surface area contributed by atoms with E-state index in [1.54, 1.807) is 0 Å². The Morgan fingerprint density at radius 2 is 1.86 bits per heavy atom. The van der Waals surface area contributed by atoms with Crippen molar-refractivity contribution < 1.29 is 0 Å². The lowest BCUT2D eigenvalue weighted by Gasteiger charge is -2.12. The summed E-state index contributed by atoms with van der Waals surface area (Å²) in [6.07, 6.45) is 6.42. The van der Waals surface area contributed by atoms with Crippen LogP contribution in [0.5, 0.6) is 0 Å². The Morgan fingerprint density at radius 1 is 1.14 bits per heavy atom. The summed E-state index contributed by atoms with van der Waals surface area (Å²) in [5.74, 6) is 0.708. The van der Waals surface area contributed by atoms with Crippen LogP contribution in [0.1, 0.15) is 52.9 Å². The zero-order chi connectivity index (χ0) is 10.8. The third-order valence-electron chi connectivity index (χ3n) is 2.30. The first kappa shape index (κ1) is 14.2. The van der Waals surface area contributed by atoms with Crippen molar-refractivity contribution in [2.24, 2.45) is 5.92 Å². The van der Waals surface area contributed by atoms with Crippen molar-refractivity contribution in [1.29, 1.82) is 0 Å². The van der Waals surface area contributed by atoms with Crippen molar-refractivity contribution in [2.45, 2.75) is 58.3 Å². The molecule has 0 aromatic rings. The summed E-state index contributed by atoms with van der Waals surface area (Å²) in [4.78, 5) is 0. The third-order valence-corrected chi connectivity index (χ3v) is 2.63. The van der Waals surface area contributed by atoms with Gasteiger partial charge in [-0.25, -0.2) is 0 Å². The molecule has 0 aromatic heterocycles. The van der Waals surface area contributed by atoms with E-state index < -0.39 is 0 Å². The highest BCUT2D eigenvalue weighted by Gasteiger charge is 2.05. The summed E-state index contributed by atoms with van der Waals surface area (Å²) < 4.78 is 0. The SMILES string of the molecule is CCCCCCNCC(Cl)CC(C)C. The van der Waals surface area contributed by atoms with Crippen LogP contribution >= 0.6 is 11.6 Å². The van der Waals surface area contributed by atoms with Gasteiger partial charge in [-0.05, 0) is 25.3 Å². The fourth-order valence-corrected chi connectivity index (χ4v) is 2.00. The first-order chi connectivity index (χ1) is 6.66. The minimum Gasteiger partial charge on any atom is -0.315 e. The summed E-state index contributed by atoms with van der Waals surface area (Å²) in [5, 5.41) is 3.72. The third kappa shape index (κ3) is 10.3. The lowest BCUT2D eigenvalue weighted by Crippen LogP contribution is -2.25. The molecule has 1 nitrogen and oxygen atoms in total. The Bertz CT molecular complexity index is 115. The highest BCUT2D eigenvalue weighted by Crippen LogP contribution is 2.09. The summed E-state index contributed by atoms with van der Waals surface area (Å²) in [6, 6.07) is 0. The molecule has 0 aliphatic carbocycles. The molecule has 0 spiro atoms. The zero-order valence-corrected chi connectivity index (χ0v) is 10.7. The minimum atomic E-state index is 0.307. The Balaban J connectivity index is 3.10. The molecule has 2 heteroatoms. The molecule has 0 bridgehead atoms. The Labute approximate surface area is 94.6 Å². The number of hydrogen-bond donors (Lipinski definition) is 1. The molecular formula is C12H26ClN. The fraction of sp³-hybridized carbons (Fsp3) is 1.00. The van der Waals surface area contributed by atoms with E-state index in [0.29, 0.717) is 11.3 Å². The van der Waals surface area contributed by atoms with E-state index in [0.717, 1.165) is 19.5 Å². The van der Waals surface area contributed by atoms with E-state index in [4.69, 9.17) is 11.6 Å². The van der Waals surface area contributed by atoms with E-state index in [-0.39, 0.29) is 0 Å². The summed E-state index contributed by atoms with van der Waals surface area (Å²) in [7, 11) is 0. The summed E-state index contributed by atoms with van der Waals surface area (Å²) in [6.45, 7) is 8.77. The maximum absolute atomic E-state index is 6.15. The lowest BCUT2D eigenvalue weighted by molar-refractivity contribution is 0.523. The Hall–Kier alpha value is 0.250. The molecule has 0 saturated carbocycles. The molecule has 0 amide bonds. The second kappa shape index (κ2) is 9.79. The topological polar surface area (TPSA) is 12.0 Å². The predicted octanol–water partition coefficient (Wildman–Crippen LogP) is 3.81. The molecule has 0 heterocycles. The van der Waals surface area contributed by atoms with Gasteiger partial charge >= 0.3 is 0 Å². The number of halogens is 1. The van der Waals surface area contributed by atoms with Gasteiger partial charge in [-0.3, -0.25) is 0 Å². The molecule has 0 rings (SSSR count). The lowest BCUT2D eigenvalue weighted by atomic mass is 10.1. The first-order valence-electron chi connectivity index (χ1n) is 6.01. The van der Waals surface area contributed by atoms with Gasteiger partial charge in [0.25, 0.3) is 0 Å². The number of nitrogens with one attached hydrogen (secondary N) is 1. The first-order valence-corrected chi connectivity index (χ1v) is 6.45. The van der Waals surface area contributed by atoms with Crippen LogP contribution in [0.2, 0.25) is 0 Å². The molecule has 0 saturated heterocycles. The molecule has 14 heavy (non-hydrogen) atoms. The van der Waals surface area contributed by atoms with Crippen LogP contribution < -0.4 is 5.32 Å². The van der Waals surface area contributed by atoms with Gasteiger partial charge in [-0.1, -0.05) is 40.0 Å². The van der Waals surface area contributed by atoms with E-state index >= 15 is 0 Å². The maximum atomic E-state index is 6.15. The normalized spacial score (nSPS) is 13.5. The van der Waals surface area contributed by atoms with Crippen molar-refractivity contribution in [3.63, 3.8) is 0 Å². The molecule has 86 valence electrons. The van der Waals surface area contributed by atoms with Crippen molar-refractivity contribution in [2.75, 3.05) is 13.1 Å². The van der Waals surface area contributed by atoms with Crippen molar-refractivity contribution in [3.8, 4) is 0 Å². The minimum absolute atomic E-state index is 0.307. The van der Waals surface area contributed by atoms with Gasteiger partial charge in [0, 0.05) is 11.9 Å². The number of hydrogen-bond acceptors (Lipinski definition) is 1. The quantitative estimate of drug-likeness (QED) is 0.460. The molecule has 0 aliphatic heterocycles. The van der Waals surface area contributed by atoms with Crippen LogP contribution in [0.4, 0.5) is 0 Å². The largest absolute Gasteiger partial charge is 0.315 e. The summed E-state index contributed by atoms with van der Waals surface area (Å²) >= 11 is 6.15. The second-order valence-corrected chi connectivity index (χ2v) is 5.11. The molecule has 1 unspecified atom stereocenters. The molecule has 0 radical (unpaired) electrons. The summed E-state index contributed by atoms with van der Waals surface area (Å²) in [5.41, 5.74) is 0. The average molecular weight is 220 g/mol. The van der Waals surface area contributed by atoms with Crippen LogP contribution in [-0.4, -0.2) is 18.5 Å². The van der Waals surface area contributed by atoms with E-state index in [1.807, 2.05) is 0 Å². The van der Waals surface area contributed by atoms with Crippen molar-refractivity contribution in [1.82, 2.24) is 5.32 Å². The zero-order valence-electron chi connectivity index (χ0n) is 9.98. The van der Waals surface area contributed by atoms with Gasteiger partial charge in [0.2, 0.25) is 0 Å². The maximum Gasteiger partial charge on any atom is 0.0463 e. The van der Waals surface area contributed by atoms with Gasteiger partial charge in [0.15, 0.2) is 0 Å². The number of rotatable bonds is 9. The van der Waals surface area contributed by atoms with Gasteiger partial charge in [0.1, 0.15) is 0 Å². The molecule has 0 fully saturated rings. The Morgan fingerprint density at radius 3 is 2.43 bits per heavy atom. The van der Waals surface area contributed by atoms with Crippen molar-refractivity contribution in [3.05, 3.63) is 0 Å². The van der Waals surface area contributed by atoms with E-state index in [2.05, 4.69) is 26.1 Å². The highest BCUT2D eigenvalue weighted by atomic mass is 35.5. The number of alkyl halides is 1. The monoisotopic (exact) mass is 219 g/mol. The van der Waals surface area contributed by atoms with Crippen LogP contribution in [0.15, 0.2) is 0 Å². The van der Waals surface area contributed by atoms with Gasteiger partial charge in [0.05, 0.1) is 0 Å². The van der Waals surface area contributed by atoms with Crippen LogP contribution in [0.25, 0.3) is 0 Å². The molecular weight excluding hydrogens is 194 g/mol. The average Bonchev–Trinajstić information content (AvgIpc) is 2.10. The van der Waals surface area contributed by atoms with Crippen LogP contribution in [0.3, 0.4) is 0 Å². The smallest absolute Gasteiger partial charge is 0.0463 e. The molecule has 0 aromatic carbocycles. The van der Waals surface area contributed by atoms with Crippen molar-refractivity contribution >= 4 is 11.6 Å². The van der Waals surface area contributed by atoms with Crippen LogP contribution in [-0.2, 0) is 0 Å². The molecule has 1 N–H and O–H groups in total. The van der Waals surface area contributed by atoms with Crippen LogP contribution in [0, 0.1) is 5.92 Å². The highest BCUT2D eigenvalue weighted by molar-refractivity contribution is 6.20. The standard InChI is InChI=1S/C12H26ClN/c1-4-5-6-7-8-14-10-12(13)9-11(2)3/h11-12,14H,4-10H2,1-3H3. The molecule has 1 atom stereocenters. The fourth-order valence-electron chi connectivity index (χ4n) is 1.53. The van der Waals surface area contributed by atoms with E-state index in [9.17, 15) is 0 Å². The second-order valence-electron chi connectivity index (χ2n) is 4.49. The predicted molar refractivity (Wildman–Crippen MR) is 66.1 cm³/mol. The van der Waals surface area contributed by atoms with Gasteiger partial charge in [-0.2, -0.15) is 0 Å². The molecule has 0 aliphatic rings. The van der Waals surface area contributed by atoms with E-state index in [1.165, 1.54) is 25.7 Å². The van der Waals surface area contributed by atoms with Gasteiger partial charge < -0.3 is 5.32 Å².